The van der Waals surface area contributed by atoms with Gasteiger partial charge in [0, 0.05) is 30.0 Å². The van der Waals surface area contributed by atoms with Crippen LogP contribution in [0.25, 0.3) is 0 Å². The number of hydrogen-bond donors (Lipinski definition) is 1. The van der Waals surface area contributed by atoms with E-state index in [9.17, 15) is 0 Å². The highest BCUT2D eigenvalue weighted by Crippen LogP contribution is 2.16. The molecule has 88 valence electrons. The largest absolute Gasteiger partial charge is 0.306 e. The van der Waals surface area contributed by atoms with Crippen LogP contribution in [0.5, 0.6) is 0 Å². The lowest BCUT2D eigenvalue weighted by Gasteiger charge is -2.14. The van der Waals surface area contributed by atoms with Crippen molar-refractivity contribution in [3.63, 3.8) is 0 Å². The van der Waals surface area contributed by atoms with Crippen LogP contribution in [0.1, 0.15) is 24.1 Å². The molecule has 3 heteroatoms. The summed E-state index contributed by atoms with van der Waals surface area (Å²) in [7, 11) is 0. The lowest BCUT2D eigenvalue weighted by Crippen LogP contribution is -2.18. The summed E-state index contributed by atoms with van der Waals surface area (Å²) in [5.41, 5.74) is 2.30. The molecule has 2 rings (SSSR count). The maximum atomic E-state index is 6.10. The van der Waals surface area contributed by atoms with E-state index in [0.29, 0.717) is 0 Å². The zero-order valence-electron chi connectivity index (χ0n) is 9.73. The van der Waals surface area contributed by atoms with Crippen molar-refractivity contribution < 1.29 is 0 Å². The van der Waals surface area contributed by atoms with Crippen LogP contribution < -0.4 is 5.32 Å². The van der Waals surface area contributed by atoms with Gasteiger partial charge in [-0.1, -0.05) is 35.9 Å². The van der Waals surface area contributed by atoms with E-state index in [4.69, 9.17) is 11.6 Å². The minimum atomic E-state index is 0.264. The Morgan fingerprint density at radius 3 is 2.76 bits per heavy atom. The fraction of sp³-hybridized carbons (Fsp3) is 0.214. The van der Waals surface area contributed by atoms with E-state index < -0.39 is 0 Å². The van der Waals surface area contributed by atoms with Crippen LogP contribution in [-0.2, 0) is 6.54 Å². The van der Waals surface area contributed by atoms with Crippen molar-refractivity contribution in [1.82, 2.24) is 10.3 Å². The van der Waals surface area contributed by atoms with E-state index in [-0.39, 0.29) is 6.04 Å². The molecule has 2 aromatic rings. The van der Waals surface area contributed by atoms with Gasteiger partial charge in [-0.2, -0.15) is 0 Å². The smallest absolute Gasteiger partial charge is 0.0450 e. The van der Waals surface area contributed by atoms with Crippen molar-refractivity contribution in [3.8, 4) is 0 Å². The molecule has 0 aliphatic heterocycles. The normalized spacial score (nSPS) is 12.4. The molecule has 0 unspecified atom stereocenters. The predicted octanol–water partition coefficient (Wildman–Crippen LogP) is 3.59. The Bertz CT molecular complexity index is 471. The number of benzene rings is 1. The summed E-state index contributed by atoms with van der Waals surface area (Å²) < 4.78 is 0. The molecule has 0 bridgehead atoms. The molecule has 1 aromatic heterocycles. The second-order valence-electron chi connectivity index (χ2n) is 3.98. The van der Waals surface area contributed by atoms with Crippen LogP contribution in [0.4, 0.5) is 0 Å². The molecule has 1 atom stereocenters. The summed E-state index contributed by atoms with van der Waals surface area (Å²) >= 11 is 6.10. The highest BCUT2D eigenvalue weighted by molar-refractivity contribution is 6.31. The maximum Gasteiger partial charge on any atom is 0.0450 e. The summed E-state index contributed by atoms with van der Waals surface area (Å²) in [5, 5.41) is 4.24. The quantitative estimate of drug-likeness (QED) is 0.892. The number of aromatic nitrogens is 1. The molecule has 1 heterocycles. The zero-order valence-corrected chi connectivity index (χ0v) is 10.5. The average molecular weight is 247 g/mol. The van der Waals surface area contributed by atoms with Crippen molar-refractivity contribution in [3.05, 3.63) is 64.9 Å². The lowest BCUT2D eigenvalue weighted by atomic mass is 10.1. The first kappa shape index (κ1) is 12.1. The molecule has 0 fully saturated rings. The molecule has 0 aliphatic carbocycles. The van der Waals surface area contributed by atoms with Crippen LogP contribution >= 0.6 is 11.6 Å². The van der Waals surface area contributed by atoms with E-state index in [1.165, 1.54) is 5.56 Å². The minimum absolute atomic E-state index is 0.264. The van der Waals surface area contributed by atoms with Gasteiger partial charge in [-0.3, -0.25) is 4.98 Å². The van der Waals surface area contributed by atoms with Crippen LogP contribution in [-0.4, -0.2) is 4.98 Å². The minimum Gasteiger partial charge on any atom is -0.306 e. The van der Waals surface area contributed by atoms with Crippen LogP contribution in [0, 0.1) is 0 Å². The number of nitrogens with zero attached hydrogens (tertiary/aromatic N) is 1. The SMILES string of the molecule is C[C@@H](NCc1ccccc1Cl)c1cccnc1. The van der Waals surface area contributed by atoms with Crippen LogP contribution in [0.2, 0.25) is 5.02 Å². The number of nitrogens with one attached hydrogen (secondary N) is 1. The lowest BCUT2D eigenvalue weighted by molar-refractivity contribution is 0.573. The molecule has 1 aromatic carbocycles. The van der Waals surface area contributed by atoms with E-state index in [0.717, 1.165) is 17.1 Å². The first-order chi connectivity index (χ1) is 8.27. The van der Waals surface area contributed by atoms with Gasteiger partial charge in [0.1, 0.15) is 0 Å². The van der Waals surface area contributed by atoms with Crippen molar-refractivity contribution >= 4 is 11.6 Å². The molecule has 2 nitrogen and oxygen atoms in total. The third kappa shape index (κ3) is 3.29. The third-order valence-corrected chi connectivity index (χ3v) is 3.11. The fourth-order valence-corrected chi connectivity index (χ4v) is 1.86. The van der Waals surface area contributed by atoms with Gasteiger partial charge in [-0.25, -0.2) is 0 Å². The van der Waals surface area contributed by atoms with Gasteiger partial charge in [0.15, 0.2) is 0 Å². The summed E-state index contributed by atoms with van der Waals surface area (Å²) in [5.74, 6) is 0. The van der Waals surface area contributed by atoms with Crippen molar-refractivity contribution in [2.75, 3.05) is 0 Å². The molecular formula is C14H15ClN2. The molecule has 0 radical (unpaired) electrons. The standard InChI is InChI=1S/C14H15ClN2/c1-11(12-6-4-8-16-9-12)17-10-13-5-2-3-7-14(13)15/h2-9,11,17H,10H2,1H3/t11-/m1/s1. The molecule has 0 saturated heterocycles. The molecule has 1 N–H and O–H groups in total. The third-order valence-electron chi connectivity index (χ3n) is 2.74. The molecule has 17 heavy (non-hydrogen) atoms. The van der Waals surface area contributed by atoms with Crippen LogP contribution in [0.15, 0.2) is 48.8 Å². The Morgan fingerprint density at radius 2 is 2.06 bits per heavy atom. The van der Waals surface area contributed by atoms with Gasteiger partial charge < -0.3 is 5.32 Å². The maximum absolute atomic E-state index is 6.10. The predicted molar refractivity (Wildman–Crippen MR) is 70.9 cm³/mol. The first-order valence-electron chi connectivity index (χ1n) is 5.64. The number of hydrogen-bond acceptors (Lipinski definition) is 2. The second-order valence-corrected chi connectivity index (χ2v) is 4.39. The van der Waals surface area contributed by atoms with E-state index in [1.54, 1.807) is 6.20 Å². The Balaban J connectivity index is 1.97. The molecule has 0 amide bonds. The molecule has 0 aliphatic rings. The Morgan fingerprint density at radius 1 is 1.24 bits per heavy atom. The second kappa shape index (κ2) is 5.80. The van der Waals surface area contributed by atoms with Gasteiger partial charge >= 0.3 is 0 Å². The first-order valence-corrected chi connectivity index (χ1v) is 6.02. The van der Waals surface area contributed by atoms with E-state index in [2.05, 4.69) is 23.3 Å². The van der Waals surface area contributed by atoms with Gasteiger partial charge in [0.05, 0.1) is 0 Å². The van der Waals surface area contributed by atoms with Crippen molar-refractivity contribution in [2.24, 2.45) is 0 Å². The zero-order chi connectivity index (χ0) is 12.1. The highest BCUT2D eigenvalue weighted by Gasteiger charge is 2.05. The van der Waals surface area contributed by atoms with Gasteiger partial charge in [0.25, 0.3) is 0 Å². The summed E-state index contributed by atoms with van der Waals surface area (Å²) in [6, 6.07) is 12.2. The summed E-state index contributed by atoms with van der Waals surface area (Å²) in [6.07, 6.45) is 3.66. The molecular weight excluding hydrogens is 232 g/mol. The molecule has 0 saturated carbocycles. The van der Waals surface area contributed by atoms with Gasteiger partial charge in [-0.05, 0) is 30.2 Å². The summed E-state index contributed by atoms with van der Waals surface area (Å²) in [4.78, 5) is 4.11. The monoisotopic (exact) mass is 246 g/mol. The van der Waals surface area contributed by atoms with Crippen molar-refractivity contribution in [2.45, 2.75) is 19.5 Å². The number of halogens is 1. The topological polar surface area (TPSA) is 24.9 Å². The fourth-order valence-electron chi connectivity index (χ4n) is 1.65. The highest BCUT2D eigenvalue weighted by atomic mass is 35.5. The van der Waals surface area contributed by atoms with Gasteiger partial charge in [-0.15, -0.1) is 0 Å². The molecule has 0 spiro atoms. The Kier molecular flexibility index (Phi) is 4.13. The number of rotatable bonds is 4. The average Bonchev–Trinajstić information content (AvgIpc) is 2.38. The summed E-state index contributed by atoms with van der Waals surface area (Å²) in [6.45, 7) is 2.88. The number of pyridine rings is 1. The van der Waals surface area contributed by atoms with E-state index >= 15 is 0 Å². The Hall–Kier alpha value is -1.38. The Labute approximate surface area is 107 Å². The van der Waals surface area contributed by atoms with Crippen LogP contribution in [0.3, 0.4) is 0 Å². The van der Waals surface area contributed by atoms with E-state index in [1.807, 2.05) is 36.5 Å². The van der Waals surface area contributed by atoms with Crippen molar-refractivity contribution in [1.29, 1.82) is 0 Å². The van der Waals surface area contributed by atoms with Gasteiger partial charge in [0.2, 0.25) is 0 Å².